The summed E-state index contributed by atoms with van der Waals surface area (Å²) in [5, 5.41) is 12.9. The minimum Gasteiger partial charge on any atom is -0.358 e. The fourth-order valence-electron chi connectivity index (χ4n) is 4.56. The molecule has 0 spiro atoms. The standard InChI is InChI=1S/C19H27N5/c1-13(2)18(19-20-21-22-24(19)16-9-5-6-10-16)23-14(3)12-15-8-4-7-11-17(15)23/h4,7-8,11,13-14,16,18H,5-6,9-10,12H2,1-3H3/t14-,18-/m0/s1. The number of hydrogen-bond donors (Lipinski definition) is 0. The molecule has 2 atom stereocenters. The van der Waals surface area contributed by atoms with Crippen LogP contribution in [0.4, 0.5) is 5.69 Å². The highest BCUT2D eigenvalue weighted by molar-refractivity contribution is 5.60. The third kappa shape index (κ3) is 2.50. The maximum atomic E-state index is 4.49. The molecule has 4 rings (SSSR count). The molecule has 1 aromatic carbocycles. The number of benzene rings is 1. The van der Waals surface area contributed by atoms with Crippen LogP contribution < -0.4 is 4.90 Å². The van der Waals surface area contributed by atoms with Crippen molar-refractivity contribution < 1.29 is 0 Å². The Morgan fingerprint density at radius 1 is 1.12 bits per heavy atom. The van der Waals surface area contributed by atoms with Crippen LogP contribution in [0.2, 0.25) is 0 Å². The molecule has 1 aliphatic carbocycles. The molecule has 0 amide bonds. The summed E-state index contributed by atoms with van der Waals surface area (Å²) in [6.07, 6.45) is 6.09. The lowest BCUT2D eigenvalue weighted by atomic mass is 10.00. The van der Waals surface area contributed by atoms with Gasteiger partial charge in [0.2, 0.25) is 0 Å². The summed E-state index contributed by atoms with van der Waals surface area (Å²) < 4.78 is 2.13. The Bertz CT molecular complexity index is 701. The molecule has 0 unspecified atom stereocenters. The zero-order valence-electron chi connectivity index (χ0n) is 14.9. The lowest BCUT2D eigenvalue weighted by Crippen LogP contribution is -2.38. The number of nitrogens with zero attached hydrogens (tertiary/aromatic N) is 5. The van der Waals surface area contributed by atoms with E-state index in [1.807, 2.05) is 0 Å². The highest BCUT2D eigenvalue weighted by Crippen LogP contribution is 2.42. The van der Waals surface area contributed by atoms with Gasteiger partial charge in [0.05, 0.1) is 12.1 Å². The predicted molar refractivity (Wildman–Crippen MR) is 95.0 cm³/mol. The molecule has 128 valence electrons. The summed E-state index contributed by atoms with van der Waals surface area (Å²) in [7, 11) is 0. The van der Waals surface area contributed by atoms with Gasteiger partial charge in [-0.1, -0.05) is 44.9 Å². The van der Waals surface area contributed by atoms with Gasteiger partial charge in [0.25, 0.3) is 0 Å². The van der Waals surface area contributed by atoms with E-state index in [9.17, 15) is 0 Å². The Morgan fingerprint density at radius 2 is 1.88 bits per heavy atom. The van der Waals surface area contributed by atoms with Crippen LogP contribution in [0.15, 0.2) is 24.3 Å². The van der Waals surface area contributed by atoms with Gasteiger partial charge < -0.3 is 4.90 Å². The van der Waals surface area contributed by atoms with Gasteiger partial charge in [0, 0.05) is 11.7 Å². The first-order chi connectivity index (χ1) is 11.7. The molecule has 1 aromatic heterocycles. The third-order valence-corrected chi connectivity index (χ3v) is 5.64. The lowest BCUT2D eigenvalue weighted by Gasteiger charge is -2.36. The van der Waals surface area contributed by atoms with Gasteiger partial charge in [0.1, 0.15) is 0 Å². The van der Waals surface area contributed by atoms with Gasteiger partial charge in [-0.05, 0) is 54.2 Å². The topological polar surface area (TPSA) is 46.8 Å². The number of para-hydroxylation sites is 1. The Morgan fingerprint density at radius 3 is 2.62 bits per heavy atom. The maximum absolute atomic E-state index is 4.49. The van der Waals surface area contributed by atoms with E-state index >= 15 is 0 Å². The number of hydrogen-bond acceptors (Lipinski definition) is 4. The van der Waals surface area contributed by atoms with Gasteiger partial charge in [-0.3, -0.25) is 0 Å². The Kier molecular flexibility index (Phi) is 4.02. The first-order valence-electron chi connectivity index (χ1n) is 9.31. The van der Waals surface area contributed by atoms with Crippen molar-refractivity contribution in [3.63, 3.8) is 0 Å². The summed E-state index contributed by atoms with van der Waals surface area (Å²) in [5.74, 6) is 1.49. The molecule has 2 heterocycles. The van der Waals surface area contributed by atoms with Gasteiger partial charge >= 0.3 is 0 Å². The highest BCUT2D eigenvalue weighted by atomic mass is 15.6. The molecule has 1 fully saturated rings. The quantitative estimate of drug-likeness (QED) is 0.854. The largest absolute Gasteiger partial charge is 0.358 e. The summed E-state index contributed by atoms with van der Waals surface area (Å²) in [6, 6.07) is 9.96. The normalized spacial score (nSPS) is 22.3. The van der Waals surface area contributed by atoms with Crippen molar-refractivity contribution in [2.75, 3.05) is 4.90 Å². The van der Waals surface area contributed by atoms with Gasteiger partial charge in [-0.15, -0.1) is 5.10 Å². The molecule has 5 nitrogen and oxygen atoms in total. The van der Waals surface area contributed by atoms with Crippen molar-refractivity contribution in [1.82, 2.24) is 20.2 Å². The predicted octanol–water partition coefficient (Wildman–Crippen LogP) is 3.94. The average Bonchev–Trinajstić information content (AvgIpc) is 3.28. The van der Waals surface area contributed by atoms with Crippen LogP contribution in [0.1, 0.15) is 69.9 Å². The first kappa shape index (κ1) is 15.6. The zero-order valence-corrected chi connectivity index (χ0v) is 14.9. The van der Waals surface area contributed by atoms with Crippen molar-refractivity contribution in [1.29, 1.82) is 0 Å². The number of fused-ring (bicyclic) bond motifs is 1. The second kappa shape index (κ2) is 6.19. The van der Waals surface area contributed by atoms with E-state index in [0.717, 1.165) is 12.2 Å². The van der Waals surface area contributed by atoms with Gasteiger partial charge in [-0.25, -0.2) is 4.68 Å². The highest BCUT2D eigenvalue weighted by Gasteiger charge is 2.38. The fourth-order valence-corrected chi connectivity index (χ4v) is 4.56. The van der Waals surface area contributed by atoms with E-state index in [1.165, 1.54) is 36.9 Å². The number of rotatable bonds is 4. The molecule has 0 bridgehead atoms. The molecule has 24 heavy (non-hydrogen) atoms. The zero-order chi connectivity index (χ0) is 16.7. The molecule has 0 radical (unpaired) electrons. The van der Waals surface area contributed by atoms with Crippen LogP contribution in [-0.4, -0.2) is 26.2 Å². The van der Waals surface area contributed by atoms with Crippen molar-refractivity contribution in [2.45, 2.75) is 71.0 Å². The molecule has 0 N–H and O–H groups in total. The van der Waals surface area contributed by atoms with Crippen LogP contribution in [0.3, 0.4) is 0 Å². The molecule has 1 aliphatic heterocycles. The van der Waals surface area contributed by atoms with Crippen molar-refractivity contribution >= 4 is 5.69 Å². The van der Waals surface area contributed by atoms with E-state index in [1.54, 1.807) is 0 Å². The Labute approximate surface area is 144 Å². The summed E-state index contributed by atoms with van der Waals surface area (Å²) in [5.41, 5.74) is 2.79. The molecule has 2 aromatic rings. The van der Waals surface area contributed by atoms with Crippen LogP contribution in [-0.2, 0) is 6.42 Å². The number of tetrazole rings is 1. The monoisotopic (exact) mass is 325 g/mol. The molecule has 1 saturated carbocycles. The molecule has 5 heteroatoms. The average molecular weight is 325 g/mol. The number of aromatic nitrogens is 4. The number of anilines is 1. The maximum Gasteiger partial charge on any atom is 0.174 e. The summed E-state index contributed by atoms with van der Waals surface area (Å²) in [4.78, 5) is 2.55. The molecular formula is C19H27N5. The van der Waals surface area contributed by atoms with Crippen LogP contribution in [0.5, 0.6) is 0 Å². The molecule has 0 saturated heterocycles. The van der Waals surface area contributed by atoms with Crippen LogP contribution in [0, 0.1) is 5.92 Å². The smallest absolute Gasteiger partial charge is 0.174 e. The Balaban J connectivity index is 1.75. The minimum atomic E-state index is 0.222. The van der Waals surface area contributed by atoms with Gasteiger partial charge in [-0.2, -0.15) is 0 Å². The van der Waals surface area contributed by atoms with Crippen molar-refractivity contribution in [3.8, 4) is 0 Å². The third-order valence-electron chi connectivity index (χ3n) is 5.64. The van der Waals surface area contributed by atoms with Crippen molar-refractivity contribution in [2.24, 2.45) is 5.92 Å². The second-order valence-electron chi connectivity index (χ2n) is 7.70. The SMILES string of the molecule is CC(C)[C@@H](c1nnnn1C1CCCC1)N1c2ccccc2C[C@@H]1C. The van der Waals surface area contributed by atoms with Crippen LogP contribution in [0.25, 0.3) is 0 Å². The van der Waals surface area contributed by atoms with E-state index < -0.39 is 0 Å². The summed E-state index contributed by atoms with van der Waals surface area (Å²) >= 11 is 0. The fraction of sp³-hybridized carbons (Fsp3) is 0.632. The van der Waals surface area contributed by atoms with E-state index in [2.05, 4.69) is 70.1 Å². The van der Waals surface area contributed by atoms with E-state index in [0.29, 0.717) is 18.0 Å². The lowest BCUT2D eigenvalue weighted by molar-refractivity contribution is 0.371. The Hall–Kier alpha value is -1.91. The molecule has 2 aliphatic rings. The first-order valence-corrected chi connectivity index (χ1v) is 9.31. The van der Waals surface area contributed by atoms with Crippen LogP contribution >= 0.6 is 0 Å². The van der Waals surface area contributed by atoms with Crippen molar-refractivity contribution in [3.05, 3.63) is 35.7 Å². The molecular weight excluding hydrogens is 298 g/mol. The van der Waals surface area contributed by atoms with E-state index in [-0.39, 0.29) is 6.04 Å². The minimum absolute atomic E-state index is 0.222. The second-order valence-corrected chi connectivity index (χ2v) is 7.70. The summed E-state index contributed by atoms with van der Waals surface area (Å²) in [6.45, 7) is 6.89. The van der Waals surface area contributed by atoms with E-state index in [4.69, 9.17) is 0 Å². The van der Waals surface area contributed by atoms with Gasteiger partial charge in [0.15, 0.2) is 5.82 Å².